The summed E-state index contributed by atoms with van der Waals surface area (Å²) in [7, 11) is 4.71. The molecule has 3 aromatic carbocycles. The second kappa shape index (κ2) is 11.8. The number of benzene rings is 3. The van der Waals surface area contributed by atoms with Gasteiger partial charge in [-0.25, -0.2) is 4.98 Å². The lowest BCUT2D eigenvalue weighted by Crippen LogP contribution is -2.32. The number of thiazole rings is 1. The molecule has 0 spiro atoms. The van der Waals surface area contributed by atoms with Gasteiger partial charge in [-0.15, -0.1) is 0 Å². The molecule has 0 unspecified atom stereocenters. The van der Waals surface area contributed by atoms with Crippen LogP contribution in [-0.2, 0) is 4.79 Å². The summed E-state index contributed by atoms with van der Waals surface area (Å²) in [5, 5.41) is 9.59. The quantitative estimate of drug-likeness (QED) is 0.257. The Kier molecular flexibility index (Phi) is 8.32. The maximum atomic E-state index is 13.0. The molecule has 2 amide bonds. The van der Waals surface area contributed by atoms with Crippen molar-refractivity contribution >= 4 is 44.2 Å². The molecule has 198 valence electrons. The smallest absolute Gasteiger partial charge is 0.259 e. The zero-order valence-corrected chi connectivity index (χ0v) is 22.7. The van der Waals surface area contributed by atoms with Gasteiger partial charge in [-0.05, 0) is 61.9 Å². The van der Waals surface area contributed by atoms with Crippen molar-refractivity contribution in [2.45, 2.75) is 19.9 Å². The van der Waals surface area contributed by atoms with Crippen LogP contribution in [0.25, 0.3) is 10.2 Å². The second-order valence-electron chi connectivity index (χ2n) is 8.55. The number of methoxy groups -OCH3 is 3. The average molecular weight is 535 g/mol. The van der Waals surface area contributed by atoms with Gasteiger partial charge in [0.15, 0.2) is 5.13 Å². The summed E-state index contributed by atoms with van der Waals surface area (Å²) in [6.45, 7) is 3.85. The molecule has 0 radical (unpaired) electrons. The van der Waals surface area contributed by atoms with E-state index in [1.165, 1.54) is 18.4 Å². The summed E-state index contributed by atoms with van der Waals surface area (Å²) in [6.07, 6.45) is 0. The topological polar surface area (TPSA) is 111 Å². The van der Waals surface area contributed by atoms with E-state index in [9.17, 15) is 9.59 Å². The molecule has 0 aliphatic heterocycles. The molecule has 0 saturated carbocycles. The van der Waals surface area contributed by atoms with Crippen molar-refractivity contribution in [3.8, 4) is 17.2 Å². The number of hydrogen-bond acceptors (Lipinski definition) is 8. The van der Waals surface area contributed by atoms with Crippen LogP contribution in [0.4, 0.5) is 10.8 Å². The van der Waals surface area contributed by atoms with Crippen molar-refractivity contribution in [1.82, 2.24) is 10.3 Å². The number of aromatic nitrogens is 1. The first-order valence-corrected chi connectivity index (χ1v) is 12.7. The Balaban J connectivity index is 1.38. The van der Waals surface area contributed by atoms with E-state index in [1.54, 1.807) is 32.4 Å². The lowest BCUT2D eigenvalue weighted by atomic mass is 10.1. The first-order valence-electron chi connectivity index (χ1n) is 11.9. The van der Waals surface area contributed by atoms with Gasteiger partial charge in [0.2, 0.25) is 5.91 Å². The van der Waals surface area contributed by atoms with Gasteiger partial charge in [0.25, 0.3) is 5.91 Å². The number of nitrogens with one attached hydrogen (secondary N) is 3. The van der Waals surface area contributed by atoms with E-state index in [1.807, 2.05) is 50.2 Å². The third-order valence-corrected chi connectivity index (χ3v) is 7.04. The van der Waals surface area contributed by atoms with Crippen molar-refractivity contribution < 1.29 is 23.8 Å². The van der Waals surface area contributed by atoms with Gasteiger partial charge in [0, 0.05) is 11.3 Å². The van der Waals surface area contributed by atoms with Crippen molar-refractivity contribution in [2.75, 3.05) is 38.5 Å². The van der Waals surface area contributed by atoms with Crippen LogP contribution in [0.15, 0.2) is 54.6 Å². The maximum absolute atomic E-state index is 13.0. The zero-order valence-electron chi connectivity index (χ0n) is 21.9. The van der Waals surface area contributed by atoms with Crippen LogP contribution >= 0.6 is 11.3 Å². The molecule has 0 aliphatic carbocycles. The molecule has 1 heterocycles. The number of nitrogens with zero attached hydrogens (tertiary/aromatic N) is 1. The molecular formula is C28H30N4O5S. The number of fused-ring (bicyclic) bond motifs is 1. The van der Waals surface area contributed by atoms with Crippen LogP contribution in [0.1, 0.15) is 34.5 Å². The minimum atomic E-state index is -0.294. The highest BCUT2D eigenvalue weighted by Crippen LogP contribution is 2.33. The van der Waals surface area contributed by atoms with Crippen molar-refractivity contribution in [1.29, 1.82) is 0 Å². The van der Waals surface area contributed by atoms with Crippen LogP contribution in [-0.4, -0.2) is 44.7 Å². The standard InChI is InChI=1S/C28H30N4O5S/c1-16-23(36-4)13-11-21(26(16)37-5)27(34)31-19-8-12-22-24(14-19)38-28(32-22)29-15-25(33)30-17(2)18-6-9-20(35-3)10-7-18/h6-14,17H,15H2,1-5H3,(H,29,32)(H,30,33)(H,31,34)/t17-/m0/s1. The molecule has 0 fully saturated rings. The molecule has 1 atom stereocenters. The Morgan fingerprint density at radius 3 is 2.42 bits per heavy atom. The summed E-state index contributed by atoms with van der Waals surface area (Å²) in [5.41, 5.74) is 3.53. The third-order valence-electron chi connectivity index (χ3n) is 6.06. The molecular weight excluding hydrogens is 504 g/mol. The van der Waals surface area contributed by atoms with Crippen LogP contribution in [0.2, 0.25) is 0 Å². The number of rotatable bonds is 10. The van der Waals surface area contributed by atoms with E-state index in [2.05, 4.69) is 20.9 Å². The number of carbonyl (C=O) groups excluding carboxylic acids is 2. The highest BCUT2D eigenvalue weighted by atomic mass is 32.1. The first kappa shape index (κ1) is 26.7. The third kappa shape index (κ3) is 5.97. The predicted octanol–water partition coefficient (Wildman–Crippen LogP) is 5.17. The van der Waals surface area contributed by atoms with Crippen LogP contribution in [0.3, 0.4) is 0 Å². The molecule has 4 aromatic rings. The molecule has 3 N–H and O–H groups in total. The zero-order chi connectivity index (χ0) is 27.2. The summed E-state index contributed by atoms with van der Waals surface area (Å²) >= 11 is 1.40. The number of anilines is 2. The lowest BCUT2D eigenvalue weighted by molar-refractivity contribution is -0.120. The number of carbonyl (C=O) groups is 2. The molecule has 4 rings (SSSR count). The summed E-state index contributed by atoms with van der Waals surface area (Å²) in [4.78, 5) is 30.0. The Morgan fingerprint density at radius 2 is 1.74 bits per heavy atom. The van der Waals surface area contributed by atoms with Crippen molar-refractivity contribution in [3.05, 3.63) is 71.3 Å². The molecule has 9 nitrogen and oxygen atoms in total. The molecule has 0 aliphatic rings. The SMILES string of the molecule is COc1ccc([C@H](C)NC(=O)CNc2nc3ccc(NC(=O)c4ccc(OC)c(C)c4OC)cc3s2)cc1. The Bertz CT molecular complexity index is 1450. The molecule has 0 bridgehead atoms. The molecule has 10 heteroatoms. The fourth-order valence-corrected chi connectivity index (χ4v) is 4.94. The van der Waals surface area contributed by atoms with Gasteiger partial charge < -0.3 is 30.2 Å². The van der Waals surface area contributed by atoms with E-state index in [4.69, 9.17) is 14.2 Å². The Labute approximate surface area is 225 Å². The second-order valence-corrected chi connectivity index (χ2v) is 9.58. The fraction of sp³-hybridized carbons (Fsp3) is 0.250. The normalized spacial score (nSPS) is 11.5. The van der Waals surface area contributed by atoms with Gasteiger partial charge in [-0.2, -0.15) is 0 Å². The Hall–Kier alpha value is -4.31. The van der Waals surface area contributed by atoms with Crippen molar-refractivity contribution in [2.24, 2.45) is 0 Å². The predicted molar refractivity (Wildman–Crippen MR) is 150 cm³/mol. The summed E-state index contributed by atoms with van der Waals surface area (Å²) < 4.78 is 16.8. The lowest BCUT2D eigenvalue weighted by Gasteiger charge is -2.15. The van der Waals surface area contributed by atoms with E-state index < -0.39 is 0 Å². The van der Waals surface area contributed by atoms with Crippen LogP contribution in [0.5, 0.6) is 17.2 Å². The molecule has 38 heavy (non-hydrogen) atoms. The minimum absolute atomic E-state index is 0.0839. The summed E-state index contributed by atoms with van der Waals surface area (Å²) in [6, 6.07) is 16.3. The largest absolute Gasteiger partial charge is 0.497 e. The fourth-order valence-electron chi connectivity index (χ4n) is 4.04. The van der Waals surface area contributed by atoms with E-state index >= 15 is 0 Å². The maximum Gasteiger partial charge on any atom is 0.259 e. The van der Waals surface area contributed by atoms with Gasteiger partial charge >= 0.3 is 0 Å². The molecule has 0 saturated heterocycles. The van der Waals surface area contributed by atoms with Gasteiger partial charge in [-0.3, -0.25) is 9.59 Å². The van der Waals surface area contributed by atoms with Gasteiger partial charge in [0.05, 0.1) is 49.7 Å². The van der Waals surface area contributed by atoms with Crippen molar-refractivity contribution in [3.63, 3.8) is 0 Å². The van der Waals surface area contributed by atoms with Crippen LogP contribution < -0.4 is 30.2 Å². The number of ether oxygens (including phenoxy) is 3. The molecule has 1 aromatic heterocycles. The monoisotopic (exact) mass is 534 g/mol. The van der Waals surface area contributed by atoms with Crippen LogP contribution in [0, 0.1) is 6.92 Å². The van der Waals surface area contributed by atoms with E-state index in [0.29, 0.717) is 27.9 Å². The van der Waals surface area contributed by atoms with Gasteiger partial charge in [-0.1, -0.05) is 23.5 Å². The first-order chi connectivity index (χ1) is 18.3. The van der Waals surface area contributed by atoms with E-state index in [-0.39, 0.29) is 24.4 Å². The summed E-state index contributed by atoms with van der Waals surface area (Å²) in [5.74, 6) is 1.44. The number of amides is 2. The highest BCUT2D eigenvalue weighted by Gasteiger charge is 2.18. The highest BCUT2D eigenvalue weighted by molar-refractivity contribution is 7.22. The number of hydrogen-bond donors (Lipinski definition) is 3. The average Bonchev–Trinajstić information content (AvgIpc) is 3.34. The van der Waals surface area contributed by atoms with E-state index in [0.717, 1.165) is 27.1 Å². The van der Waals surface area contributed by atoms with Gasteiger partial charge in [0.1, 0.15) is 17.2 Å². The minimum Gasteiger partial charge on any atom is -0.497 e. The Morgan fingerprint density at radius 1 is 0.974 bits per heavy atom.